The Morgan fingerprint density at radius 1 is 1.29 bits per heavy atom. The summed E-state index contributed by atoms with van der Waals surface area (Å²) in [5, 5.41) is 0.716. The molecule has 3 rings (SSSR count). The van der Waals surface area contributed by atoms with Crippen LogP contribution in [0, 0.1) is 0 Å². The Hall–Kier alpha value is -1.91. The molecular weight excluding hydrogens is 284 g/mol. The zero-order valence-electron chi connectivity index (χ0n) is 12.0. The smallest absolute Gasteiger partial charge is 0.141 e. The number of nitrogens with two attached hydrogens (primary N) is 1. The van der Waals surface area contributed by atoms with E-state index in [1.807, 2.05) is 30.3 Å². The molecule has 4 nitrogen and oxygen atoms in total. The first-order chi connectivity index (χ1) is 10.1. The summed E-state index contributed by atoms with van der Waals surface area (Å²) >= 11 is 6.37. The van der Waals surface area contributed by atoms with Crippen molar-refractivity contribution >= 4 is 22.6 Å². The van der Waals surface area contributed by atoms with Crippen molar-refractivity contribution in [2.24, 2.45) is 5.73 Å². The molecule has 2 heterocycles. The largest absolute Gasteiger partial charge is 0.325 e. The highest BCUT2D eigenvalue weighted by Crippen LogP contribution is 2.32. The van der Waals surface area contributed by atoms with Crippen molar-refractivity contribution in [1.82, 2.24) is 14.5 Å². The lowest BCUT2D eigenvalue weighted by atomic mass is 10.2. The van der Waals surface area contributed by atoms with Crippen LogP contribution in [0.4, 0.5) is 0 Å². The molecule has 0 aliphatic heterocycles. The molecule has 3 aromatic rings. The molecule has 0 radical (unpaired) electrons. The lowest BCUT2D eigenvalue weighted by Crippen LogP contribution is -2.05. The van der Waals surface area contributed by atoms with Crippen molar-refractivity contribution in [3.63, 3.8) is 0 Å². The Morgan fingerprint density at radius 3 is 2.81 bits per heavy atom. The maximum atomic E-state index is 6.37. The van der Waals surface area contributed by atoms with Crippen molar-refractivity contribution in [2.75, 3.05) is 0 Å². The first-order valence-electron chi connectivity index (χ1n) is 6.93. The molecule has 0 bridgehead atoms. The van der Waals surface area contributed by atoms with E-state index in [1.54, 1.807) is 6.20 Å². The van der Waals surface area contributed by atoms with Gasteiger partial charge in [-0.2, -0.15) is 0 Å². The third-order valence-corrected chi connectivity index (χ3v) is 3.77. The molecule has 108 valence electrons. The van der Waals surface area contributed by atoms with Crippen LogP contribution < -0.4 is 5.73 Å². The minimum Gasteiger partial charge on any atom is -0.325 e. The third kappa shape index (κ3) is 2.41. The first kappa shape index (κ1) is 14.0. The van der Waals surface area contributed by atoms with E-state index in [2.05, 4.69) is 23.4 Å². The van der Waals surface area contributed by atoms with Gasteiger partial charge in [-0.3, -0.25) is 4.98 Å². The Bertz CT molecular complexity index is 792. The SMILES string of the molecule is CC(C)n1c(-c2ccnc(CN)c2)nc2cccc(Cl)c21. The molecule has 0 amide bonds. The monoisotopic (exact) mass is 300 g/mol. The van der Waals surface area contributed by atoms with Gasteiger partial charge in [0, 0.05) is 24.3 Å². The fourth-order valence-electron chi connectivity index (χ4n) is 2.54. The summed E-state index contributed by atoms with van der Waals surface area (Å²) in [5.74, 6) is 0.894. The lowest BCUT2D eigenvalue weighted by molar-refractivity contribution is 0.624. The van der Waals surface area contributed by atoms with E-state index in [9.17, 15) is 0 Å². The van der Waals surface area contributed by atoms with Crippen molar-refractivity contribution in [3.8, 4) is 11.4 Å². The number of imidazole rings is 1. The van der Waals surface area contributed by atoms with Gasteiger partial charge >= 0.3 is 0 Å². The predicted molar refractivity (Wildman–Crippen MR) is 86.3 cm³/mol. The Kier molecular flexibility index (Phi) is 3.66. The molecule has 2 N–H and O–H groups in total. The van der Waals surface area contributed by atoms with Crippen LogP contribution in [0.3, 0.4) is 0 Å². The Morgan fingerprint density at radius 2 is 2.10 bits per heavy atom. The van der Waals surface area contributed by atoms with Gasteiger partial charge < -0.3 is 10.3 Å². The highest BCUT2D eigenvalue weighted by Gasteiger charge is 2.17. The number of aromatic nitrogens is 3. The van der Waals surface area contributed by atoms with Crippen LogP contribution >= 0.6 is 11.6 Å². The van der Waals surface area contributed by atoms with Crippen LogP contribution in [-0.2, 0) is 6.54 Å². The molecule has 5 heteroatoms. The maximum Gasteiger partial charge on any atom is 0.141 e. The van der Waals surface area contributed by atoms with Gasteiger partial charge in [-0.25, -0.2) is 4.98 Å². The molecule has 21 heavy (non-hydrogen) atoms. The summed E-state index contributed by atoms with van der Waals surface area (Å²) in [6.07, 6.45) is 1.77. The minimum absolute atomic E-state index is 0.249. The van der Waals surface area contributed by atoms with Crippen LogP contribution in [0.5, 0.6) is 0 Å². The van der Waals surface area contributed by atoms with Gasteiger partial charge in [0.15, 0.2) is 0 Å². The maximum absolute atomic E-state index is 6.37. The second-order valence-corrected chi connectivity index (χ2v) is 5.65. The molecule has 0 atom stereocenters. The Labute approximate surface area is 128 Å². The van der Waals surface area contributed by atoms with Crippen LogP contribution in [0.15, 0.2) is 36.5 Å². The molecule has 0 aliphatic carbocycles. The van der Waals surface area contributed by atoms with E-state index < -0.39 is 0 Å². The average molecular weight is 301 g/mol. The summed E-state index contributed by atoms with van der Waals surface area (Å²) in [5.41, 5.74) is 9.41. The number of benzene rings is 1. The van der Waals surface area contributed by atoms with Crippen LogP contribution in [-0.4, -0.2) is 14.5 Å². The zero-order valence-corrected chi connectivity index (χ0v) is 12.8. The van der Waals surface area contributed by atoms with Gasteiger partial charge in [-0.1, -0.05) is 17.7 Å². The number of pyridine rings is 1. The molecule has 0 saturated carbocycles. The highest BCUT2D eigenvalue weighted by atomic mass is 35.5. The van der Waals surface area contributed by atoms with Gasteiger partial charge in [0.2, 0.25) is 0 Å². The van der Waals surface area contributed by atoms with Crippen molar-refractivity contribution < 1.29 is 0 Å². The molecule has 0 saturated heterocycles. The first-order valence-corrected chi connectivity index (χ1v) is 7.31. The number of nitrogens with zero attached hydrogens (tertiary/aromatic N) is 3. The molecule has 1 aromatic carbocycles. The lowest BCUT2D eigenvalue weighted by Gasteiger charge is -2.14. The standard InChI is InChI=1S/C16H17ClN4/c1-10(2)21-15-13(17)4-3-5-14(15)20-16(21)11-6-7-19-12(8-11)9-18/h3-8,10H,9,18H2,1-2H3. The van der Waals surface area contributed by atoms with E-state index >= 15 is 0 Å². The summed E-state index contributed by atoms with van der Waals surface area (Å²) in [4.78, 5) is 8.99. The van der Waals surface area contributed by atoms with Gasteiger partial charge in [-0.15, -0.1) is 0 Å². The minimum atomic E-state index is 0.249. The van der Waals surface area contributed by atoms with Crippen molar-refractivity contribution in [2.45, 2.75) is 26.4 Å². The fraction of sp³-hybridized carbons (Fsp3) is 0.250. The van der Waals surface area contributed by atoms with E-state index in [4.69, 9.17) is 22.3 Å². The summed E-state index contributed by atoms with van der Waals surface area (Å²) in [6, 6.07) is 9.98. The highest BCUT2D eigenvalue weighted by molar-refractivity contribution is 6.35. The number of hydrogen-bond donors (Lipinski definition) is 1. The van der Waals surface area contributed by atoms with E-state index in [0.717, 1.165) is 28.1 Å². The number of rotatable bonds is 3. The molecule has 0 fully saturated rings. The summed E-state index contributed by atoms with van der Waals surface area (Å²) in [7, 11) is 0. The Balaban J connectivity index is 2.31. The fourth-order valence-corrected chi connectivity index (χ4v) is 2.80. The summed E-state index contributed by atoms with van der Waals surface area (Å²) in [6.45, 7) is 4.66. The number of halogens is 1. The number of hydrogen-bond acceptors (Lipinski definition) is 3. The van der Waals surface area contributed by atoms with Crippen LogP contribution in [0.2, 0.25) is 5.02 Å². The summed E-state index contributed by atoms with van der Waals surface area (Å²) < 4.78 is 2.16. The zero-order chi connectivity index (χ0) is 15.0. The number of para-hydroxylation sites is 1. The third-order valence-electron chi connectivity index (χ3n) is 3.46. The van der Waals surface area contributed by atoms with E-state index in [-0.39, 0.29) is 6.04 Å². The average Bonchev–Trinajstić information content (AvgIpc) is 2.88. The van der Waals surface area contributed by atoms with E-state index in [1.165, 1.54) is 0 Å². The van der Waals surface area contributed by atoms with E-state index in [0.29, 0.717) is 11.6 Å². The molecule has 0 unspecified atom stereocenters. The topological polar surface area (TPSA) is 56.7 Å². The second kappa shape index (κ2) is 5.47. The van der Waals surface area contributed by atoms with Gasteiger partial charge in [-0.05, 0) is 38.1 Å². The molecule has 0 aliphatic rings. The van der Waals surface area contributed by atoms with Crippen molar-refractivity contribution in [3.05, 3.63) is 47.2 Å². The van der Waals surface area contributed by atoms with Gasteiger partial charge in [0.05, 0.1) is 21.7 Å². The molecule has 2 aromatic heterocycles. The number of fused-ring (bicyclic) bond motifs is 1. The second-order valence-electron chi connectivity index (χ2n) is 5.25. The van der Waals surface area contributed by atoms with Crippen molar-refractivity contribution in [1.29, 1.82) is 0 Å². The van der Waals surface area contributed by atoms with Gasteiger partial charge in [0.1, 0.15) is 5.82 Å². The molecule has 0 spiro atoms. The van der Waals surface area contributed by atoms with Crippen LogP contribution in [0.25, 0.3) is 22.4 Å². The normalized spacial score (nSPS) is 11.5. The molecular formula is C16H17ClN4. The van der Waals surface area contributed by atoms with Crippen LogP contribution in [0.1, 0.15) is 25.6 Å². The predicted octanol–water partition coefficient (Wildman–Crippen LogP) is 3.79. The quantitative estimate of drug-likeness (QED) is 0.800. The van der Waals surface area contributed by atoms with Gasteiger partial charge in [0.25, 0.3) is 0 Å².